The second-order valence-corrected chi connectivity index (χ2v) is 6.47. The molecule has 0 radical (unpaired) electrons. The maximum absolute atomic E-state index is 12.6. The van der Waals surface area contributed by atoms with Crippen LogP contribution in [0.4, 0.5) is 0 Å². The van der Waals surface area contributed by atoms with Gasteiger partial charge in [-0.25, -0.2) is 4.98 Å². The van der Waals surface area contributed by atoms with Crippen molar-refractivity contribution in [2.75, 3.05) is 19.7 Å². The highest BCUT2D eigenvalue weighted by Gasteiger charge is 2.22. The van der Waals surface area contributed by atoms with Crippen LogP contribution >= 0.6 is 11.6 Å². The number of aliphatic carboxylic acids is 1. The predicted molar refractivity (Wildman–Crippen MR) is 97.0 cm³/mol. The van der Waals surface area contributed by atoms with Gasteiger partial charge in [-0.15, -0.1) is 0 Å². The Kier molecular flexibility index (Phi) is 5.90. The van der Waals surface area contributed by atoms with Crippen LogP contribution in [-0.2, 0) is 14.3 Å². The van der Waals surface area contributed by atoms with E-state index in [9.17, 15) is 9.59 Å². The number of nitrogens with zero attached hydrogens (tertiary/aromatic N) is 3. The SMILES string of the molecule is O=C(O)CCN(CC1CCCO1)C(=O)/C=C/c1c(Cl)nc2ccccn12. The average molecular weight is 378 g/mol. The van der Waals surface area contributed by atoms with Crippen LogP contribution in [0.2, 0.25) is 5.15 Å². The van der Waals surface area contributed by atoms with Gasteiger partial charge in [-0.1, -0.05) is 17.7 Å². The minimum atomic E-state index is -0.941. The number of hydrogen-bond donors (Lipinski definition) is 1. The predicted octanol–water partition coefficient (Wildman–Crippen LogP) is 2.48. The molecule has 0 bridgehead atoms. The molecule has 2 aromatic heterocycles. The zero-order valence-corrected chi connectivity index (χ0v) is 14.9. The number of hydrogen-bond acceptors (Lipinski definition) is 4. The average Bonchev–Trinajstić information content (AvgIpc) is 3.23. The van der Waals surface area contributed by atoms with Crippen molar-refractivity contribution in [2.45, 2.75) is 25.4 Å². The molecule has 26 heavy (non-hydrogen) atoms. The lowest BCUT2D eigenvalue weighted by Gasteiger charge is -2.23. The first-order valence-corrected chi connectivity index (χ1v) is 8.85. The summed E-state index contributed by atoms with van der Waals surface area (Å²) in [6.07, 6.45) is 6.50. The Labute approximate surface area is 155 Å². The molecule has 0 saturated carbocycles. The number of carbonyl (C=O) groups excluding carboxylic acids is 1. The third kappa shape index (κ3) is 4.42. The summed E-state index contributed by atoms with van der Waals surface area (Å²) < 4.78 is 7.35. The lowest BCUT2D eigenvalue weighted by atomic mass is 10.2. The van der Waals surface area contributed by atoms with Gasteiger partial charge >= 0.3 is 5.97 Å². The Morgan fingerprint density at radius 1 is 1.46 bits per heavy atom. The van der Waals surface area contributed by atoms with Crippen LogP contribution in [0.1, 0.15) is 25.0 Å². The van der Waals surface area contributed by atoms with E-state index in [-0.39, 0.29) is 25.0 Å². The van der Waals surface area contributed by atoms with Crippen molar-refractivity contribution in [3.63, 3.8) is 0 Å². The lowest BCUT2D eigenvalue weighted by Crippen LogP contribution is -2.37. The van der Waals surface area contributed by atoms with E-state index in [2.05, 4.69) is 4.98 Å². The van der Waals surface area contributed by atoms with E-state index in [0.717, 1.165) is 12.8 Å². The molecule has 0 aliphatic carbocycles. The topological polar surface area (TPSA) is 84.1 Å². The summed E-state index contributed by atoms with van der Waals surface area (Å²) in [4.78, 5) is 29.2. The molecule has 1 fully saturated rings. The molecule has 0 aromatic carbocycles. The fourth-order valence-corrected chi connectivity index (χ4v) is 3.19. The molecular formula is C18H20ClN3O4. The molecule has 3 rings (SSSR count). The molecule has 1 amide bonds. The van der Waals surface area contributed by atoms with Gasteiger partial charge in [0.25, 0.3) is 0 Å². The van der Waals surface area contributed by atoms with Crippen LogP contribution < -0.4 is 0 Å². The van der Waals surface area contributed by atoms with E-state index in [1.165, 1.54) is 11.0 Å². The largest absolute Gasteiger partial charge is 0.481 e. The van der Waals surface area contributed by atoms with Gasteiger partial charge in [0, 0.05) is 32.0 Å². The standard InChI is InChI=1S/C18H20ClN3O4/c19-18-14(22-9-2-1-5-15(22)20-18)6-7-16(23)21(10-8-17(24)25)12-13-4-3-11-26-13/h1-2,5-7,9,13H,3-4,8,10-12H2,(H,24,25)/b7-6+. The summed E-state index contributed by atoms with van der Waals surface area (Å²) in [5.74, 6) is -1.22. The number of rotatable bonds is 7. The monoisotopic (exact) mass is 377 g/mol. The fourth-order valence-electron chi connectivity index (χ4n) is 2.95. The first-order chi connectivity index (χ1) is 12.5. The highest BCUT2D eigenvalue weighted by atomic mass is 35.5. The van der Waals surface area contributed by atoms with Gasteiger partial charge in [-0.05, 0) is 31.1 Å². The molecule has 3 heterocycles. The normalized spacial score (nSPS) is 17.2. The minimum absolute atomic E-state index is 0.0412. The van der Waals surface area contributed by atoms with Gasteiger partial charge in [-0.2, -0.15) is 0 Å². The third-order valence-electron chi connectivity index (χ3n) is 4.26. The molecule has 138 valence electrons. The maximum atomic E-state index is 12.6. The summed E-state index contributed by atoms with van der Waals surface area (Å²) in [5, 5.41) is 9.23. The van der Waals surface area contributed by atoms with Crippen molar-refractivity contribution in [1.82, 2.24) is 14.3 Å². The second-order valence-electron chi connectivity index (χ2n) is 6.11. The number of amides is 1. The molecule has 1 aliphatic rings. The van der Waals surface area contributed by atoms with Crippen LogP contribution in [0.15, 0.2) is 30.5 Å². The van der Waals surface area contributed by atoms with Crippen molar-refractivity contribution in [1.29, 1.82) is 0 Å². The first-order valence-electron chi connectivity index (χ1n) is 8.47. The van der Waals surface area contributed by atoms with Crippen LogP contribution in [-0.4, -0.2) is 57.1 Å². The fraction of sp³-hybridized carbons (Fsp3) is 0.389. The van der Waals surface area contributed by atoms with E-state index < -0.39 is 5.97 Å². The highest BCUT2D eigenvalue weighted by molar-refractivity contribution is 6.31. The zero-order chi connectivity index (χ0) is 18.5. The maximum Gasteiger partial charge on any atom is 0.305 e. The molecule has 2 aromatic rings. The highest BCUT2D eigenvalue weighted by Crippen LogP contribution is 2.19. The number of carboxylic acid groups (broad SMARTS) is 1. The molecule has 1 aliphatic heterocycles. The number of ether oxygens (including phenoxy) is 1. The van der Waals surface area contributed by atoms with Crippen molar-refractivity contribution in [2.24, 2.45) is 0 Å². The Bertz CT molecular complexity index is 827. The quantitative estimate of drug-likeness (QED) is 0.749. The smallest absolute Gasteiger partial charge is 0.305 e. The van der Waals surface area contributed by atoms with Crippen LogP contribution in [0, 0.1) is 0 Å². The number of pyridine rings is 1. The number of fused-ring (bicyclic) bond motifs is 1. The van der Waals surface area contributed by atoms with Crippen LogP contribution in [0.3, 0.4) is 0 Å². The summed E-state index contributed by atoms with van der Waals surface area (Å²) >= 11 is 6.17. The summed E-state index contributed by atoms with van der Waals surface area (Å²) in [6, 6.07) is 5.52. The third-order valence-corrected chi connectivity index (χ3v) is 4.54. The summed E-state index contributed by atoms with van der Waals surface area (Å²) in [6.45, 7) is 1.20. The molecule has 1 unspecified atom stereocenters. The summed E-state index contributed by atoms with van der Waals surface area (Å²) in [7, 11) is 0. The van der Waals surface area contributed by atoms with Gasteiger partial charge in [0.1, 0.15) is 5.65 Å². The Morgan fingerprint density at radius 2 is 2.31 bits per heavy atom. The van der Waals surface area contributed by atoms with Gasteiger partial charge in [-0.3, -0.25) is 14.0 Å². The number of imidazole rings is 1. The van der Waals surface area contributed by atoms with E-state index in [1.54, 1.807) is 10.5 Å². The lowest BCUT2D eigenvalue weighted by molar-refractivity contribution is -0.138. The number of carbonyl (C=O) groups is 2. The van der Waals surface area contributed by atoms with Crippen LogP contribution in [0.25, 0.3) is 11.7 Å². The zero-order valence-electron chi connectivity index (χ0n) is 14.2. The minimum Gasteiger partial charge on any atom is -0.481 e. The van der Waals surface area contributed by atoms with E-state index >= 15 is 0 Å². The van der Waals surface area contributed by atoms with Crippen molar-refractivity contribution in [3.8, 4) is 0 Å². The molecule has 1 N–H and O–H groups in total. The molecule has 1 saturated heterocycles. The Balaban J connectivity index is 1.75. The van der Waals surface area contributed by atoms with E-state index in [4.69, 9.17) is 21.4 Å². The van der Waals surface area contributed by atoms with Crippen molar-refractivity contribution in [3.05, 3.63) is 41.3 Å². The van der Waals surface area contributed by atoms with Gasteiger partial charge in [0.05, 0.1) is 18.2 Å². The van der Waals surface area contributed by atoms with Gasteiger partial charge < -0.3 is 14.7 Å². The van der Waals surface area contributed by atoms with Gasteiger partial charge in [0.15, 0.2) is 5.15 Å². The van der Waals surface area contributed by atoms with Gasteiger partial charge in [0.2, 0.25) is 5.91 Å². The Morgan fingerprint density at radius 3 is 3.04 bits per heavy atom. The number of halogens is 1. The van der Waals surface area contributed by atoms with E-state index in [1.807, 2.05) is 24.4 Å². The Hall–Kier alpha value is -2.38. The second kappa shape index (κ2) is 8.33. The molecule has 1 atom stereocenters. The van der Waals surface area contributed by atoms with E-state index in [0.29, 0.717) is 29.6 Å². The summed E-state index contributed by atoms with van der Waals surface area (Å²) in [5.41, 5.74) is 1.29. The molecule has 8 heteroatoms. The first kappa shape index (κ1) is 18.4. The number of aromatic nitrogens is 2. The molecule has 7 nitrogen and oxygen atoms in total. The van der Waals surface area contributed by atoms with Crippen LogP contribution in [0.5, 0.6) is 0 Å². The molecular weight excluding hydrogens is 358 g/mol. The molecule has 0 spiro atoms. The number of carboxylic acids is 1. The van der Waals surface area contributed by atoms with Crippen molar-refractivity contribution >= 4 is 35.2 Å². The van der Waals surface area contributed by atoms with Crippen molar-refractivity contribution < 1.29 is 19.4 Å².